The van der Waals surface area contributed by atoms with Gasteiger partial charge in [-0.25, -0.2) is 0 Å². The van der Waals surface area contributed by atoms with Crippen molar-refractivity contribution in [2.45, 2.75) is 13.3 Å². The van der Waals surface area contributed by atoms with Crippen LogP contribution in [-0.4, -0.2) is 44.7 Å². The van der Waals surface area contributed by atoms with E-state index in [2.05, 4.69) is 20.9 Å². The van der Waals surface area contributed by atoms with Crippen LogP contribution in [0.4, 0.5) is 5.69 Å². The van der Waals surface area contributed by atoms with Crippen molar-refractivity contribution in [3.8, 4) is 11.5 Å². The van der Waals surface area contributed by atoms with Gasteiger partial charge in [-0.15, -0.1) is 24.0 Å². The number of hydrogen-bond donors (Lipinski definition) is 3. The Morgan fingerprint density at radius 1 is 1.10 bits per heavy atom. The van der Waals surface area contributed by atoms with Gasteiger partial charge in [-0.05, 0) is 31.2 Å². The number of ether oxygens (including phenoxy) is 2. The van der Waals surface area contributed by atoms with E-state index in [1.54, 1.807) is 24.3 Å². The smallest absolute Gasteiger partial charge is 0.252 e. The molecule has 9 heteroatoms. The summed E-state index contributed by atoms with van der Waals surface area (Å²) in [5.74, 6) is 1.87. The number of nitrogens with one attached hydrogen (secondary N) is 3. The maximum Gasteiger partial charge on any atom is 0.252 e. The summed E-state index contributed by atoms with van der Waals surface area (Å²) in [4.78, 5) is 16.7. The first-order chi connectivity index (χ1) is 14.2. The molecular formula is C21H26ClIN4O3. The zero-order valence-electron chi connectivity index (χ0n) is 16.7. The topological polar surface area (TPSA) is 84.0 Å². The fourth-order valence-electron chi connectivity index (χ4n) is 2.76. The molecule has 0 saturated carbocycles. The molecule has 2 aromatic rings. The van der Waals surface area contributed by atoms with E-state index in [0.29, 0.717) is 49.4 Å². The van der Waals surface area contributed by atoms with E-state index in [-0.39, 0.29) is 29.9 Å². The second-order valence-corrected chi connectivity index (χ2v) is 6.74. The fourth-order valence-corrected chi connectivity index (χ4v) is 2.98. The van der Waals surface area contributed by atoms with Gasteiger partial charge in [0.1, 0.15) is 0 Å². The quantitative estimate of drug-likeness (QED) is 0.222. The molecule has 3 rings (SSSR count). The number of guanidine groups is 1. The Hall–Kier alpha value is -2.20. The van der Waals surface area contributed by atoms with Crippen molar-refractivity contribution in [2.75, 3.05) is 38.2 Å². The molecule has 0 fully saturated rings. The number of benzene rings is 2. The zero-order chi connectivity index (χ0) is 20.5. The molecule has 1 amide bonds. The standard InChI is InChI=1S/C21H25ClN4O3.HI/c1-2-23-21(25-11-10-24-20(27)16-6-3-4-7-17(16)22)26-15-8-9-18-19(14-15)29-13-5-12-28-18;/h3-4,6-9,14H,2,5,10-13H2,1H3,(H,24,27)(H2,23,25,26);1H. The second-order valence-electron chi connectivity index (χ2n) is 6.33. The van der Waals surface area contributed by atoms with Crippen LogP contribution < -0.4 is 25.4 Å². The Balaban J connectivity index is 0.00000320. The van der Waals surface area contributed by atoms with Crippen LogP contribution in [0.3, 0.4) is 0 Å². The maximum absolute atomic E-state index is 12.2. The zero-order valence-corrected chi connectivity index (χ0v) is 19.8. The van der Waals surface area contributed by atoms with Crippen LogP contribution in [0.15, 0.2) is 47.5 Å². The molecule has 7 nitrogen and oxygen atoms in total. The van der Waals surface area contributed by atoms with Gasteiger partial charge in [-0.1, -0.05) is 23.7 Å². The monoisotopic (exact) mass is 544 g/mol. The molecule has 1 aliphatic heterocycles. The maximum atomic E-state index is 12.2. The number of aliphatic imine (C=N–C) groups is 1. The van der Waals surface area contributed by atoms with E-state index in [0.717, 1.165) is 23.6 Å². The molecule has 0 aliphatic carbocycles. The molecule has 3 N–H and O–H groups in total. The van der Waals surface area contributed by atoms with Gasteiger partial charge in [0.15, 0.2) is 17.5 Å². The molecule has 0 bridgehead atoms. The third kappa shape index (κ3) is 6.94. The van der Waals surface area contributed by atoms with E-state index in [1.165, 1.54) is 0 Å². The summed E-state index contributed by atoms with van der Waals surface area (Å²) in [7, 11) is 0. The number of fused-ring (bicyclic) bond motifs is 1. The van der Waals surface area contributed by atoms with Crippen molar-refractivity contribution in [3.05, 3.63) is 53.1 Å². The van der Waals surface area contributed by atoms with Crippen LogP contribution in [0.5, 0.6) is 11.5 Å². The van der Waals surface area contributed by atoms with Crippen LogP contribution in [-0.2, 0) is 0 Å². The number of hydrogen-bond acceptors (Lipinski definition) is 4. The van der Waals surface area contributed by atoms with Crippen LogP contribution in [0.1, 0.15) is 23.7 Å². The van der Waals surface area contributed by atoms with Gasteiger partial charge < -0.3 is 25.4 Å². The van der Waals surface area contributed by atoms with Gasteiger partial charge in [0.25, 0.3) is 5.91 Å². The third-order valence-corrected chi connectivity index (χ3v) is 4.47. The third-order valence-electron chi connectivity index (χ3n) is 4.14. The Kier molecular flexibility index (Phi) is 10.0. The van der Waals surface area contributed by atoms with Gasteiger partial charge in [-0.2, -0.15) is 0 Å². The first-order valence-electron chi connectivity index (χ1n) is 9.65. The minimum Gasteiger partial charge on any atom is -0.490 e. The van der Waals surface area contributed by atoms with Crippen molar-refractivity contribution in [3.63, 3.8) is 0 Å². The average molecular weight is 545 g/mol. The van der Waals surface area contributed by atoms with Gasteiger partial charge in [0.2, 0.25) is 0 Å². The van der Waals surface area contributed by atoms with Crippen molar-refractivity contribution >= 4 is 53.1 Å². The first-order valence-corrected chi connectivity index (χ1v) is 10.0. The molecule has 2 aromatic carbocycles. The van der Waals surface area contributed by atoms with Crippen molar-refractivity contribution < 1.29 is 14.3 Å². The minimum atomic E-state index is -0.216. The van der Waals surface area contributed by atoms with Gasteiger partial charge in [-0.3, -0.25) is 9.79 Å². The molecule has 30 heavy (non-hydrogen) atoms. The highest BCUT2D eigenvalue weighted by Crippen LogP contribution is 2.32. The van der Waals surface area contributed by atoms with Crippen molar-refractivity contribution in [1.29, 1.82) is 0 Å². The van der Waals surface area contributed by atoms with Gasteiger partial charge in [0, 0.05) is 31.3 Å². The number of carbonyl (C=O) groups excluding carboxylic acids is 1. The normalized spacial score (nSPS) is 12.9. The number of nitrogens with zero attached hydrogens (tertiary/aromatic N) is 1. The van der Waals surface area contributed by atoms with E-state index < -0.39 is 0 Å². The van der Waals surface area contributed by atoms with Crippen LogP contribution in [0, 0.1) is 0 Å². The SMILES string of the molecule is CCNC(=NCCNC(=O)c1ccccc1Cl)Nc1ccc2c(c1)OCCCO2.I. The Morgan fingerprint density at radius 3 is 2.63 bits per heavy atom. The summed E-state index contributed by atoms with van der Waals surface area (Å²) in [6.07, 6.45) is 0.863. The molecule has 1 heterocycles. The van der Waals surface area contributed by atoms with Crippen LogP contribution in [0.2, 0.25) is 5.02 Å². The number of rotatable bonds is 6. The molecule has 162 valence electrons. The van der Waals surface area contributed by atoms with Crippen LogP contribution >= 0.6 is 35.6 Å². The molecule has 0 aromatic heterocycles. The lowest BCUT2D eigenvalue weighted by atomic mass is 10.2. The highest BCUT2D eigenvalue weighted by molar-refractivity contribution is 14.0. The molecule has 0 saturated heterocycles. The van der Waals surface area contributed by atoms with Gasteiger partial charge in [0.05, 0.1) is 30.3 Å². The number of amides is 1. The Labute approximate surface area is 198 Å². The largest absolute Gasteiger partial charge is 0.490 e. The second kappa shape index (κ2) is 12.5. The molecule has 0 spiro atoms. The summed E-state index contributed by atoms with van der Waals surface area (Å²) in [5, 5.41) is 9.69. The number of halogens is 2. The van der Waals surface area contributed by atoms with E-state index in [1.807, 2.05) is 25.1 Å². The number of carbonyl (C=O) groups is 1. The molecule has 0 radical (unpaired) electrons. The van der Waals surface area contributed by atoms with Crippen molar-refractivity contribution in [2.24, 2.45) is 4.99 Å². The highest BCUT2D eigenvalue weighted by atomic mass is 127. The van der Waals surface area contributed by atoms with Gasteiger partial charge >= 0.3 is 0 Å². The molecule has 1 aliphatic rings. The minimum absolute atomic E-state index is 0. The lowest BCUT2D eigenvalue weighted by molar-refractivity contribution is 0.0955. The van der Waals surface area contributed by atoms with E-state index in [4.69, 9.17) is 21.1 Å². The Bertz CT molecular complexity index is 879. The summed E-state index contributed by atoms with van der Waals surface area (Å²) in [6.45, 7) is 4.80. The lowest BCUT2D eigenvalue weighted by Crippen LogP contribution is -2.32. The fraction of sp³-hybridized carbons (Fsp3) is 0.333. The van der Waals surface area contributed by atoms with Crippen molar-refractivity contribution in [1.82, 2.24) is 10.6 Å². The lowest BCUT2D eigenvalue weighted by Gasteiger charge is -2.14. The van der Waals surface area contributed by atoms with E-state index >= 15 is 0 Å². The predicted molar refractivity (Wildman–Crippen MR) is 131 cm³/mol. The van der Waals surface area contributed by atoms with Crippen LogP contribution in [0.25, 0.3) is 0 Å². The number of anilines is 1. The summed E-state index contributed by atoms with van der Waals surface area (Å²) >= 11 is 6.05. The molecule has 0 atom stereocenters. The highest BCUT2D eigenvalue weighted by Gasteiger charge is 2.11. The Morgan fingerprint density at radius 2 is 1.87 bits per heavy atom. The predicted octanol–water partition coefficient (Wildman–Crippen LogP) is 3.93. The molecular weight excluding hydrogens is 519 g/mol. The summed E-state index contributed by atoms with van der Waals surface area (Å²) in [6, 6.07) is 12.6. The summed E-state index contributed by atoms with van der Waals surface area (Å²) < 4.78 is 11.4. The first kappa shape index (κ1) is 24.1. The van der Waals surface area contributed by atoms with E-state index in [9.17, 15) is 4.79 Å². The summed E-state index contributed by atoms with van der Waals surface area (Å²) in [5.41, 5.74) is 1.30. The molecule has 0 unspecified atom stereocenters. The average Bonchev–Trinajstić information content (AvgIpc) is 2.96.